The van der Waals surface area contributed by atoms with Crippen molar-refractivity contribution in [2.45, 2.75) is 25.8 Å². The molecule has 0 saturated carbocycles. The van der Waals surface area contributed by atoms with Crippen LogP contribution in [0.4, 0.5) is 0 Å². The van der Waals surface area contributed by atoms with Gasteiger partial charge in [0, 0.05) is 6.54 Å². The van der Waals surface area contributed by atoms with Crippen molar-refractivity contribution in [3.05, 3.63) is 53.6 Å². The Bertz CT molecular complexity index is 833. The smallest absolute Gasteiger partial charge is 0.255 e. The number of likely N-dealkylation sites (tertiary alicyclic amines) is 1. The Balaban J connectivity index is 1.79. The van der Waals surface area contributed by atoms with Crippen LogP contribution >= 0.6 is 0 Å². The van der Waals surface area contributed by atoms with E-state index in [9.17, 15) is 4.79 Å². The van der Waals surface area contributed by atoms with Crippen LogP contribution in [0.3, 0.4) is 0 Å². The molecule has 3 rings (SSSR count). The summed E-state index contributed by atoms with van der Waals surface area (Å²) in [5, 5.41) is 3.11. The zero-order valence-corrected chi connectivity index (χ0v) is 18.3. The number of nitrogens with one attached hydrogen (secondary N) is 1. The molecule has 2 aromatic carbocycles. The molecule has 0 radical (unpaired) electrons. The second-order valence-electron chi connectivity index (χ2n) is 7.74. The van der Waals surface area contributed by atoms with E-state index in [0.29, 0.717) is 29.4 Å². The fourth-order valence-corrected chi connectivity index (χ4v) is 4.04. The largest absolute Gasteiger partial charge is 0.493 e. The first-order valence-electron chi connectivity index (χ1n) is 10.4. The number of amides is 1. The van der Waals surface area contributed by atoms with Gasteiger partial charge in [-0.3, -0.25) is 9.69 Å². The van der Waals surface area contributed by atoms with Gasteiger partial charge in [-0.05, 0) is 49.5 Å². The summed E-state index contributed by atoms with van der Waals surface area (Å²) in [6.07, 6.45) is 2.36. The van der Waals surface area contributed by atoms with E-state index in [4.69, 9.17) is 14.2 Å². The lowest BCUT2D eigenvalue weighted by atomic mass is 9.95. The Kier molecular flexibility index (Phi) is 7.57. The zero-order chi connectivity index (χ0) is 21.5. The molecule has 0 bridgehead atoms. The van der Waals surface area contributed by atoms with Gasteiger partial charge in [0.05, 0.1) is 32.9 Å². The summed E-state index contributed by atoms with van der Waals surface area (Å²) in [4.78, 5) is 15.5. The maximum Gasteiger partial charge on any atom is 0.255 e. The topological polar surface area (TPSA) is 60.0 Å². The predicted molar refractivity (Wildman–Crippen MR) is 118 cm³/mol. The van der Waals surface area contributed by atoms with Crippen LogP contribution in [0.1, 0.15) is 41.7 Å². The summed E-state index contributed by atoms with van der Waals surface area (Å²) in [6.45, 7) is 4.90. The standard InChI is InChI=1S/C24H32N2O4/c1-17-12-14-26(15-13-17)20(18-8-6-5-7-9-18)16-25-24(27)19-10-11-21(28-2)23(30-4)22(19)29-3/h5-11,17,20H,12-16H2,1-4H3,(H,25,27). The number of piperidine rings is 1. The molecular weight excluding hydrogens is 380 g/mol. The Hall–Kier alpha value is -2.73. The molecule has 162 valence electrons. The van der Waals surface area contributed by atoms with Crippen molar-refractivity contribution in [1.82, 2.24) is 10.2 Å². The minimum absolute atomic E-state index is 0.133. The second-order valence-corrected chi connectivity index (χ2v) is 7.74. The molecule has 6 heteroatoms. The number of hydrogen-bond acceptors (Lipinski definition) is 5. The second kappa shape index (κ2) is 10.3. The van der Waals surface area contributed by atoms with E-state index in [1.807, 2.05) is 18.2 Å². The maximum absolute atomic E-state index is 13.1. The molecule has 1 aliphatic rings. The Labute approximate surface area is 179 Å². The van der Waals surface area contributed by atoms with Crippen LogP contribution in [0.25, 0.3) is 0 Å². The number of ether oxygens (including phenoxy) is 3. The maximum atomic E-state index is 13.1. The monoisotopic (exact) mass is 412 g/mol. The SMILES string of the molecule is COc1ccc(C(=O)NCC(c2ccccc2)N2CCC(C)CC2)c(OC)c1OC. The minimum Gasteiger partial charge on any atom is -0.493 e. The Morgan fingerprint density at radius 2 is 1.67 bits per heavy atom. The summed E-state index contributed by atoms with van der Waals surface area (Å²) >= 11 is 0. The van der Waals surface area contributed by atoms with Gasteiger partial charge in [0.2, 0.25) is 5.75 Å². The summed E-state index contributed by atoms with van der Waals surface area (Å²) in [6, 6.07) is 13.9. The zero-order valence-electron chi connectivity index (χ0n) is 18.3. The molecule has 0 aliphatic carbocycles. The number of hydrogen-bond donors (Lipinski definition) is 1. The van der Waals surface area contributed by atoms with E-state index >= 15 is 0 Å². The van der Waals surface area contributed by atoms with Crippen molar-refractivity contribution in [2.24, 2.45) is 5.92 Å². The van der Waals surface area contributed by atoms with E-state index < -0.39 is 0 Å². The summed E-state index contributed by atoms with van der Waals surface area (Å²) in [5.41, 5.74) is 1.64. The number of nitrogens with zero attached hydrogens (tertiary/aromatic N) is 1. The van der Waals surface area contributed by atoms with E-state index in [2.05, 4.69) is 29.3 Å². The van der Waals surface area contributed by atoms with Crippen LogP contribution in [0.5, 0.6) is 17.2 Å². The summed E-state index contributed by atoms with van der Waals surface area (Å²) in [5.74, 6) is 1.87. The van der Waals surface area contributed by atoms with Crippen LogP contribution in [-0.4, -0.2) is 51.8 Å². The third-order valence-corrected chi connectivity index (χ3v) is 5.85. The first-order valence-corrected chi connectivity index (χ1v) is 10.4. The van der Waals surface area contributed by atoms with Crippen molar-refractivity contribution in [3.8, 4) is 17.2 Å². The molecule has 6 nitrogen and oxygen atoms in total. The van der Waals surface area contributed by atoms with Crippen LogP contribution in [-0.2, 0) is 0 Å². The van der Waals surface area contributed by atoms with Gasteiger partial charge in [0.25, 0.3) is 5.91 Å². The van der Waals surface area contributed by atoms with Gasteiger partial charge >= 0.3 is 0 Å². The molecule has 1 unspecified atom stereocenters. The summed E-state index contributed by atoms with van der Waals surface area (Å²) < 4.78 is 16.2. The van der Waals surface area contributed by atoms with Gasteiger partial charge in [-0.15, -0.1) is 0 Å². The van der Waals surface area contributed by atoms with Crippen molar-refractivity contribution in [1.29, 1.82) is 0 Å². The van der Waals surface area contributed by atoms with Gasteiger partial charge in [-0.25, -0.2) is 0 Å². The highest BCUT2D eigenvalue weighted by Gasteiger charge is 2.26. The van der Waals surface area contributed by atoms with Gasteiger partial charge in [-0.1, -0.05) is 37.3 Å². The molecular formula is C24H32N2O4. The lowest BCUT2D eigenvalue weighted by Gasteiger charge is -2.37. The van der Waals surface area contributed by atoms with Crippen LogP contribution in [0, 0.1) is 5.92 Å². The van der Waals surface area contributed by atoms with E-state index in [0.717, 1.165) is 19.0 Å². The van der Waals surface area contributed by atoms with Crippen LogP contribution < -0.4 is 19.5 Å². The molecule has 2 aromatic rings. The van der Waals surface area contributed by atoms with E-state index in [1.165, 1.54) is 32.6 Å². The number of rotatable bonds is 8. The van der Waals surface area contributed by atoms with Crippen molar-refractivity contribution < 1.29 is 19.0 Å². The molecule has 1 aliphatic heterocycles. The lowest BCUT2D eigenvalue weighted by molar-refractivity contribution is 0.0909. The predicted octanol–water partition coefficient (Wildman–Crippen LogP) is 3.92. The van der Waals surface area contributed by atoms with Gasteiger partial charge in [-0.2, -0.15) is 0 Å². The van der Waals surface area contributed by atoms with Gasteiger partial charge < -0.3 is 19.5 Å². The first-order chi connectivity index (χ1) is 14.6. The average molecular weight is 413 g/mol. The van der Waals surface area contributed by atoms with Crippen LogP contribution in [0.15, 0.2) is 42.5 Å². The fourth-order valence-electron chi connectivity index (χ4n) is 4.04. The van der Waals surface area contributed by atoms with E-state index in [-0.39, 0.29) is 11.9 Å². The first kappa shape index (κ1) is 22.0. The Morgan fingerprint density at radius 3 is 2.27 bits per heavy atom. The van der Waals surface area contributed by atoms with Crippen molar-refractivity contribution in [2.75, 3.05) is 41.0 Å². The number of methoxy groups -OCH3 is 3. The van der Waals surface area contributed by atoms with Gasteiger partial charge in [0.15, 0.2) is 11.5 Å². The normalized spacial score (nSPS) is 16.0. The quantitative estimate of drug-likeness (QED) is 0.712. The lowest BCUT2D eigenvalue weighted by Crippen LogP contribution is -2.42. The van der Waals surface area contributed by atoms with Crippen LogP contribution in [0.2, 0.25) is 0 Å². The molecule has 0 aromatic heterocycles. The average Bonchev–Trinajstić information content (AvgIpc) is 2.79. The summed E-state index contributed by atoms with van der Waals surface area (Å²) in [7, 11) is 4.61. The van der Waals surface area contributed by atoms with Crippen molar-refractivity contribution >= 4 is 5.91 Å². The van der Waals surface area contributed by atoms with Crippen molar-refractivity contribution in [3.63, 3.8) is 0 Å². The molecule has 1 N–H and O–H groups in total. The Morgan fingerprint density at radius 1 is 1.00 bits per heavy atom. The molecule has 30 heavy (non-hydrogen) atoms. The molecule has 1 fully saturated rings. The highest BCUT2D eigenvalue weighted by atomic mass is 16.5. The molecule has 1 atom stereocenters. The third-order valence-electron chi connectivity index (χ3n) is 5.85. The highest BCUT2D eigenvalue weighted by molar-refractivity contribution is 5.98. The number of carbonyl (C=O) groups is 1. The molecule has 1 saturated heterocycles. The number of carbonyl (C=O) groups excluding carboxylic acids is 1. The van der Waals surface area contributed by atoms with Gasteiger partial charge in [0.1, 0.15) is 0 Å². The fraction of sp³-hybridized carbons (Fsp3) is 0.458. The minimum atomic E-state index is -0.195. The third kappa shape index (κ3) is 4.87. The highest BCUT2D eigenvalue weighted by Crippen LogP contribution is 2.39. The van der Waals surface area contributed by atoms with E-state index in [1.54, 1.807) is 19.2 Å². The molecule has 0 spiro atoms. The molecule has 1 amide bonds. The molecule has 1 heterocycles. The number of benzene rings is 2.